The summed E-state index contributed by atoms with van der Waals surface area (Å²) in [5.74, 6) is -0.317. The van der Waals surface area contributed by atoms with E-state index in [1.54, 1.807) is 78.9 Å². The van der Waals surface area contributed by atoms with E-state index in [1.807, 2.05) is 0 Å². The normalized spacial score (nSPS) is 11.3. The smallest absolute Gasteiger partial charge is 0.330 e. The van der Waals surface area contributed by atoms with Gasteiger partial charge in [-0.05, 0) is 91.3 Å². The number of nitrogens with zero attached hydrogens (tertiary/aromatic N) is 6. The van der Waals surface area contributed by atoms with Crippen molar-refractivity contribution in [2.75, 3.05) is 13.2 Å². The zero-order valence-corrected chi connectivity index (χ0v) is 26.5. The molecular weight excluding hydrogens is 615 g/mol. The third kappa shape index (κ3) is 12.1. The van der Waals surface area contributed by atoms with Gasteiger partial charge in [-0.2, -0.15) is 25.6 Å². The number of hydrogen-bond donors (Lipinski definition) is 0. The van der Waals surface area contributed by atoms with Gasteiger partial charge in [0.05, 0.1) is 28.4 Å². The second kappa shape index (κ2) is 18.9. The lowest BCUT2D eigenvalue weighted by Crippen LogP contribution is -2.09. The Morgan fingerprint density at radius 1 is 0.667 bits per heavy atom. The molecule has 12 heteroatoms. The highest BCUT2D eigenvalue weighted by molar-refractivity contribution is 5.81. The number of benzene rings is 4. The minimum Gasteiger partial charge on any atom is -0.490 e. The van der Waals surface area contributed by atoms with Gasteiger partial charge >= 0.3 is 11.9 Å². The highest BCUT2D eigenvalue weighted by Gasteiger charge is 2.06. The number of ether oxygens (including phenoxy) is 3. The number of rotatable bonds is 17. The van der Waals surface area contributed by atoms with Gasteiger partial charge in [0.1, 0.15) is 30.4 Å². The number of esters is 2. The quantitative estimate of drug-likeness (QED) is 0.0368. The average molecular weight is 651 g/mol. The van der Waals surface area contributed by atoms with E-state index in [1.165, 1.54) is 12.1 Å². The van der Waals surface area contributed by atoms with Crippen molar-refractivity contribution in [2.45, 2.75) is 39.0 Å². The second-order valence-corrected chi connectivity index (χ2v) is 10.2. The van der Waals surface area contributed by atoms with E-state index >= 15 is 0 Å². The summed E-state index contributed by atoms with van der Waals surface area (Å²) in [5.41, 5.74) is 2.58. The second-order valence-electron chi connectivity index (χ2n) is 10.2. The topological polar surface area (TPSA) is 136 Å². The van der Waals surface area contributed by atoms with Crippen molar-refractivity contribution >= 4 is 46.1 Å². The number of hydrogen-bond acceptors (Lipinski definition) is 11. The Kier molecular flexibility index (Phi) is 13.8. The van der Waals surface area contributed by atoms with Crippen molar-refractivity contribution < 1.29 is 28.2 Å². The summed E-state index contributed by atoms with van der Waals surface area (Å²) in [6, 6.07) is 24.6. The van der Waals surface area contributed by atoms with Gasteiger partial charge in [0.15, 0.2) is 5.82 Å². The molecule has 0 aliphatic rings. The Morgan fingerprint density at radius 2 is 1.19 bits per heavy atom. The van der Waals surface area contributed by atoms with Crippen LogP contribution in [-0.4, -0.2) is 25.2 Å². The standard InChI is InChI=1S/C36H35FN6O5/c1-3-5-6-7-8-36(45)48-32-20-15-29(16-21-32)39-38-26-9-11-27(12-10-26)41-43-34-22-17-30(25-33(34)37)42-40-28-13-18-31(19-14-28)46-23-24-47-35(44)4-2/h4,9-22,25H,2-3,5-8,23-24H2,1H3. The third-order valence-corrected chi connectivity index (χ3v) is 6.52. The number of carbonyl (C=O) groups excluding carboxylic acids is 2. The molecule has 0 atom stereocenters. The maximum absolute atomic E-state index is 14.7. The first-order chi connectivity index (χ1) is 23.4. The Bertz CT molecular complexity index is 1740. The largest absolute Gasteiger partial charge is 0.490 e. The molecule has 0 saturated heterocycles. The van der Waals surface area contributed by atoms with Gasteiger partial charge in [-0.25, -0.2) is 9.18 Å². The van der Waals surface area contributed by atoms with E-state index in [9.17, 15) is 14.0 Å². The molecule has 0 N–H and O–H groups in total. The van der Waals surface area contributed by atoms with E-state index in [2.05, 4.69) is 44.2 Å². The highest BCUT2D eigenvalue weighted by atomic mass is 19.1. The van der Waals surface area contributed by atoms with E-state index < -0.39 is 11.8 Å². The van der Waals surface area contributed by atoms with Crippen molar-refractivity contribution in [1.82, 2.24) is 0 Å². The summed E-state index contributed by atoms with van der Waals surface area (Å²) in [5, 5.41) is 24.7. The van der Waals surface area contributed by atoms with E-state index in [0.717, 1.165) is 31.8 Å². The molecule has 0 spiro atoms. The Labute approximate surface area is 277 Å². The number of halogens is 1. The summed E-state index contributed by atoms with van der Waals surface area (Å²) >= 11 is 0. The molecule has 0 unspecified atom stereocenters. The molecular formula is C36H35FN6O5. The Balaban J connectivity index is 1.24. The summed E-state index contributed by atoms with van der Waals surface area (Å²) in [6.07, 6.45) is 5.57. The van der Waals surface area contributed by atoms with Crippen LogP contribution in [0.4, 0.5) is 38.5 Å². The molecule has 0 fully saturated rings. The molecule has 0 aromatic heterocycles. The van der Waals surface area contributed by atoms with Gasteiger partial charge in [-0.3, -0.25) is 4.79 Å². The maximum atomic E-state index is 14.7. The first-order valence-electron chi connectivity index (χ1n) is 15.4. The summed E-state index contributed by atoms with van der Waals surface area (Å²) < 4.78 is 30.4. The van der Waals surface area contributed by atoms with Crippen LogP contribution in [0.2, 0.25) is 0 Å². The van der Waals surface area contributed by atoms with Crippen LogP contribution in [-0.2, 0) is 14.3 Å². The fourth-order valence-electron chi connectivity index (χ4n) is 4.00. The van der Waals surface area contributed by atoms with Crippen LogP contribution >= 0.6 is 0 Å². The van der Waals surface area contributed by atoms with Crippen molar-refractivity contribution in [1.29, 1.82) is 0 Å². The van der Waals surface area contributed by atoms with Crippen molar-refractivity contribution in [3.8, 4) is 11.5 Å². The van der Waals surface area contributed by atoms with Gasteiger partial charge in [-0.1, -0.05) is 32.8 Å². The fourth-order valence-corrected chi connectivity index (χ4v) is 4.00. The number of unbranched alkanes of at least 4 members (excludes halogenated alkanes) is 3. The summed E-state index contributed by atoms with van der Waals surface area (Å²) in [7, 11) is 0. The molecule has 0 amide bonds. The molecule has 0 saturated carbocycles. The molecule has 4 aromatic carbocycles. The zero-order valence-electron chi connectivity index (χ0n) is 26.5. The molecule has 0 heterocycles. The van der Waals surface area contributed by atoms with E-state index in [-0.39, 0.29) is 24.9 Å². The van der Waals surface area contributed by atoms with Crippen molar-refractivity contribution in [3.63, 3.8) is 0 Å². The molecule has 0 aliphatic heterocycles. The fraction of sp³-hybridized carbons (Fsp3) is 0.222. The predicted octanol–water partition coefficient (Wildman–Crippen LogP) is 11.1. The van der Waals surface area contributed by atoms with Gasteiger partial charge in [-0.15, -0.1) is 5.11 Å². The summed E-state index contributed by atoms with van der Waals surface area (Å²) in [6.45, 7) is 5.75. The summed E-state index contributed by atoms with van der Waals surface area (Å²) in [4.78, 5) is 23.0. The minimum absolute atomic E-state index is 0.0450. The predicted molar refractivity (Wildman–Crippen MR) is 179 cm³/mol. The lowest BCUT2D eigenvalue weighted by Gasteiger charge is -2.06. The molecule has 246 valence electrons. The molecule has 11 nitrogen and oxygen atoms in total. The lowest BCUT2D eigenvalue weighted by molar-refractivity contribution is -0.138. The van der Waals surface area contributed by atoms with Gasteiger partial charge in [0.2, 0.25) is 0 Å². The van der Waals surface area contributed by atoms with Crippen LogP contribution in [0.5, 0.6) is 11.5 Å². The van der Waals surface area contributed by atoms with E-state index in [0.29, 0.717) is 46.4 Å². The molecule has 0 aliphatic carbocycles. The van der Waals surface area contributed by atoms with Gasteiger partial charge in [0, 0.05) is 18.6 Å². The number of carbonyl (C=O) groups is 2. The van der Waals surface area contributed by atoms with Crippen LogP contribution in [0.25, 0.3) is 0 Å². The van der Waals surface area contributed by atoms with Crippen LogP contribution in [0.1, 0.15) is 39.0 Å². The molecule has 4 rings (SSSR count). The Hall–Kier alpha value is -5.91. The molecule has 0 radical (unpaired) electrons. The molecule has 4 aromatic rings. The maximum Gasteiger partial charge on any atom is 0.330 e. The van der Waals surface area contributed by atoms with Crippen LogP contribution in [0.3, 0.4) is 0 Å². The van der Waals surface area contributed by atoms with Gasteiger partial charge in [0.25, 0.3) is 0 Å². The first-order valence-corrected chi connectivity index (χ1v) is 15.4. The zero-order chi connectivity index (χ0) is 34.0. The van der Waals surface area contributed by atoms with Crippen LogP contribution < -0.4 is 9.47 Å². The van der Waals surface area contributed by atoms with Crippen molar-refractivity contribution in [3.05, 3.63) is 109 Å². The highest BCUT2D eigenvalue weighted by Crippen LogP contribution is 2.28. The minimum atomic E-state index is -0.603. The number of azo groups is 3. The molecule has 48 heavy (non-hydrogen) atoms. The third-order valence-electron chi connectivity index (χ3n) is 6.52. The van der Waals surface area contributed by atoms with E-state index in [4.69, 9.17) is 14.2 Å². The molecule has 0 bridgehead atoms. The lowest BCUT2D eigenvalue weighted by atomic mass is 10.1. The SMILES string of the molecule is C=CC(=O)OCCOc1ccc(N=Nc2ccc(N=Nc3ccc(N=Nc4ccc(OC(=O)CCCCCC)cc4)cc3)c(F)c2)cc1. The van der Waals surface area contributed by atoms with Crippen LogP contribution in [0, 0.1) is 5.82 Å². The Morgan fingerprint density at radius 3 is 1.75 bits per heavy atom. The average Bonchev–Trinajstić information content (AvgIpc) is 3.11. The van der Waals surface area contributed by atoms with Gasteiger partial charge < -0.3 is 14.2 Å². The van der Waals surface area contributed by atoms with Crippen molar-refractivity contribution in [2.24, 2.45) is 30.7 Å². The monoisotopic (exact) mass is 650 g/mol. The van der Waals surface area contributed by atoms with Crippen LogP contribution in [0.15, 0.2) is 134 Å². The first kappa shape index (κ1) is 35.0.